The molecule has 142 valence electrons. The van der Waals surface area contributed by atoms with Crippen LogP contribution in [0.25, 0.3) is 11.6 Å². The molecule has 0 fully saturated rings. The van der Waals surface area contributed by atoms with Crippen molar-refractivity contribution in [1.29, 1.82) is 0 Å². The van der Waals surface area contributed by atoms with E-state index in [1.165, 1.54) is 59.9 Å². The van der Waals surface area contributed by atoms with Gasteiger partial charge in [-0.1, -0.05) is 18.2 Å². The minimum atomic E-state index is -0.680. The second-order valence-corrected chi connectivity index (χ2v) is 6.67. The molecule has 0 aliphatic carbocycles. The minimum absolute atomic E-state index is 0.260. The first kappa shape index (κ1) is 19.4. The summed E-state index contributed by atoms with van der Waals surface area (Å²) < 4.78 is 31.1. The molecule has 1 amide bonds. The van der Waals surface area contributed by atoms with E-state index in [9.17, 15) is 18.4 Å². The second kappa shape index (κ2) is 9.05. The third kappa shape index (κ3) is 5.34. The summed E-state index contributed by atoms with van der Waals surface area (Å²) in [6.45, 7) is -0.498. The van der Waals surface area contributed by atoms with E-state index < -0.39 is 24.3 Å². The monoisotopic (exact) mass is 399 g/mol. The van der Waals surface area contributed by atoms with Gasteiger partial charge in [-0.15, -0.1) is 11.3 Å². The Balaban J connectivity index is 1.68. The average Bonchev–Trinajstić information content (AvgIpc) is 3.22. The van der Waals surface area contributed by atoms with Crippen LogP contribution in [0.2, 0.25) is 0 Å². The maximum absolute atomic E-state index is 13.1. The zero-order chi connectivity index (χ0) is 19.9. The lowest BCUT2D eigenvalue weighted by molar-refractivity contribution is -0.141. The smallest absolute Gasteiger partial charge is 0.340 e. The molecule has 4 nitrogen and oxygen atoms in total. The number of amides is 1. The lowest BCUT2D eigenvalue weighted by Crippen LogP contribution is -2.21. The van der Waals surface area contributed by atoms with Gasteiger partial charge in [-0.2, -0.15) is 0 Å². The van der Waals surface area contributed by atoms with Crippen molar-refractivity contribution in [2.24, 2.45) is 0 Å². The van der Waals surface area contributed by atoms with Gasteiger partial charge < -0.3 is 10.1 Å². The van der Waals surface area contributed by atoms with Crippen molar-refractivity contribution in [2.75, 3.05) is 11.9 Å². The average molecular weight is 399 g/mol. The number of carbonyl (C=O) groups excluding carboxylic acids is 2. The van der Waals surface area contributed by atoms with Crippen LogP contribution in [0, 0.1) is 11.6 Å². The molecule has 0 aliphatic rings. The number of hydrogen-bond donors (Lipinski definition) is 1. The fourth-order valence-corrected chi connectivity index (χ4v) is 3.06. The predicted octanol–water partition coefficient (Wildman–Crippen LogP) is 4.75. The Hall–Kier alpha value is -3.32. The molecule has 28 heavy (non-hydrogen) atoms. The summed E-state index contributed by atoms with van der Waals surface area (Å²) in [5, 5.41) is 4.32. The minimum Gasteiger partial charge on any atom is -0.452 e. The van der Waals surface area contributed by atoms with Crippen molar-refractivity contribution in [3.8, 4) is 0 Å². The van der Waals surface area contributed by atoms with Gasteiger partial charge in [-0.25, -0.2) is 13.6 Å². The van der Waals surface area contributed by atoms with Crippen molar-refractivity contribution < 1.29 is 23.1 Å². The Bertz CT molecular complexity index is 982. The van der Waals surface area contributed by atoms with E-state index >= 15 is 0 Å². The number of carbonyl (C=O) groups is 2. The van der Waals surface area contributed by atoms with E-state index in [1.807, 2.05) is 5.38 Å². The summed E-state index contributed by atoms with van der Waals surface area (Å²) in [5.41, 5.74) is 1.27. The fraction of sp³-hybridized carbons (Fsp3) is 0.0476. The van der Waals surface area contributed by atoms with Crippen LogP contribution < -0.4 is 5.32 Å². The number of nitrogens with one attached hydrogen (secondary N) is 1. The van der Waals surface area contributed by atoms with Crippen LogP contribution in [0.15, 0.2) is 66.0 Å². The summed E-state index contributed by atoms with van der Waals surface area (Å²) >= 11 is 1.34. The van der Waals surface area contributed by atoms with E-state index in [4.69, 9.17) is 4.74 Å². The molecule has 0 saturated carbocycles. The summed E-state index contributed by atoms with van der Waals surface area (Å²) in [6.07, 6.45) is 1.57. The molecule has 0 spiro atoms. The Morgan fingerprint density at radius 2 is 1.61 bits per heavy atom. The summed E-state index contributed by atoms with van der Waals surface area (Å²) in [6, 6.07) is 14.4. The molecule has 2 aromatic carbocycles. The molecule has 3 aromatic rings. The van der Waals surface area contributed by atoms with Crippen molar-refractivity contribution in [3.05, 3.63) is 88.1 Å². The van der Waals surface area contributed by atoms with Gasteiger partial charge >= 0.3 is 5.97 Å². The van der Waals surface area contributed by atoms with Crippen LogP contribution in [-0.2, 0) is 14.3 Å². The highest BCUT2D eigenvalue weighted by Crippen LogP contribution is 2.24. The van der Waals surface area contributed by atoms with Gasteiger partial charge in [0.2, 0.25) is 0 Å². The highest BCUT2D eigenvalue weighted by molar-refractivity contribution is 7.11. The number of anilines is 1. The van der Waals surface area contributed by atoms with Gasteiger partial charge in [-0.3, -0.25) is 4.79 Å². The highest BCUT2D eigenvalue weighted by Gasteiger charge is 2.16. The molecule has 7 heteroatoms. The number of thiophene rings is 1. The molecule has 0 unspecified atom stereocenters. The topological polar surface area (TPSA) is 55.4 Å². The molecule has 0 aliphatic heterocycles. The van der Waals surface area contributed by atoms with Crippen LogP contribution in [-0.4, -0.2) is 18.5 Å². The summed E-state index contributed by atoms with van der Waals surface area (Å²) in [4.78, 5) is 25.2. The van der Waals surface area contributed by atoms with Crippen LogP contribution in [0.5, 0.6) is 0 Å². The molecular formula is C21H15F2NO3S. The van der Waals surface area contributed by atoms with Crippen LogP contribution in [0.1, 0.15) is 10.4 Å². The zero-order valence-electron chi connectivity index (χ0n) is 14.5. The Labute approximate surface area is 164 Å². The third-order valence-corrected chi connectivity index (χ3v) is 4.55. The first-order valence-electron chi connectivity index (χ1n) is 8.25. The Morgan fingerprint density at radius 3 is 2.21 bits per heavy atom. The van der Waals surface area contributed by atoms with E-state index in [0.717, 1.165) is 0 Å². The SMILES string of the molecule is O=C(COC(=O)/C(=C\c1ccc(F)cc1)c1cccs1)Nc1ccc(F)cc1. The largest absolute Gasteiger partial charge is 0.452 e. The van der Waals surface area contributed by atoms with Crippen LogP contribution in [0.3, 0.4) is 0 Å². The lowest BCUT2D eigenvalue weighted by atomic mass is 10.1. The van der Waals surface area contributed by atoms with Crippen molar-refractivity contribution in [2.45, 2.75) is 0 Å². The summed E-state index contributed by atoms with van der Waals surface area (Å²) in [5.74, 6) is -2.03. The summed E-state index contributed by atoms with van der Waals surface area (Å²) in [7, 11) is 0. The van der Waals surface area contributed by atoms with Gasteiger partial charge in [0.05, 0.1) is 5.57 Å². The third-order valence-electron chi connectivity index (χ3n) is 3.65. The fourth-order valence-electron chi connectivity index (χ4n) is 2.33. The highest BCUT2D eigenvalue weighted by atomic mass is 32.1. The van der Waals surface area contributed by atoms with Crippen LogP contribution in [0.4, 0.5) is 14.5 Å². The van der Waals surface area contributed by atoms with E-state index in [1.54, 1.807) is 18.2 Å². The van der Waals surface area contributed by atoms with Gasteiger partial charge in [0, 0.05) is 10.6 Å². The number of benzene rings is 2. The van der Waals surface area contributed by atoms with Gasteiger partial charge in [0.25, 0.3) is 5.91 Å². The van der Waals surface area contributed by atoms with Crippen molar-refractivity contribution in [1.82, 2.24) is 0 Å². The first-order chi connectivity index (χ1) is 13.5. The first-order valence-corrected chi connectivity index (χ1v) is 9.13. The number of ether oxygens (including phenoxy) is 1. The number of halogens is 2. The Kier molecular flexibility index (Phi) is 6.29. The van der Waals surface area contributed by atoms with Gasteiger partial charge in [0.15, 0.2) is 6.61 Å². The second-order valence-electron chi connectivity index (χ2n) is 5.72. The lowest BCUT2D eigenvalue weighted by Gasteiger charge is -2.08. The van der Waals surface area contributed by atoms with Gasteiger partial charge in [0.1, 0.15) is 11.6 Å². The quantitative estimate of drug-likeness (QED) is 0.481. The maximum Gasteiger partial charge on any atom is 0.340 e. The molecule has 0 radical (unpaired) electrons. The van der Waals surface area contributed by atoms with Crippen LogP contribution >= 0.6 is 11.3 Å². The van der Waals surface area contributed by atoms with E-state index in [0.29, 0.717) is 16.1 Å². The molecule has 0 saturated heterocycles. The van der Waals surface area contributed by atoms with Crippen molar-refractivity contribution >= 4 is 40.5 Å². The maximum atomic E-state index is 13.1. The molecule has 0 bridgehead atoms. The standard InChI is InChI=1S/C21H15F2NO3S/c22-15-5-3-14(4-6-15)12-18(19-2-1-11-28-19)21(26)27-13-20(25)24-17-9-7-16(23)8-10-17/h1-12H,13H2,(H,24,25)/b18-12-. The normalized spacial score (nSPS) is 11.1. The molecule has 1 aromatic heterocycles. The Morgan fingerprint density at radius 1 is 0.964 bits per heavy atom. The van der Waals surface area contributed by atoms with Crippen molar-refractivity contribution in [3.63, 3.8) is 0 Å². The molecule has 3 rings (SSSR count). The number of rotatable bonds is 6. The molecule has 1 N–H and O–H groups in total. The zero-order valence-corrected chi connectivity index (χ0v) is 15.3. The van der Waals surface area contributed by atoms with E-state index in [2.05, 4.69) is 5.32 Å². The number of esters is 1. The van der Waals surface area contributed by atoms with E-state index in [-0.39, 0.29) is 11.4 Å². The number of hydrogen-bond acceptors (Lipinski definition) is 4. The molecule has 0 atom stereocenters. The molecule has 1 heterocycles. The molecular weight excluding hydrogens is 384 g/mol. The predicted molar refractivity (Wildman–Crippen MR) is 105 cm³/mol. The van der Waals surface area contributed by atoms with Gasteiger partial charge in [-0.05, 0) is 59.5 Å².